The molecule has 2 fully saturated rings. The monoisotopic (exact) mass is 439 g/mol. The van der Waals surface area contributed by atoms with E-state index in [0.717, 1.165) is 17.5 Å². The Bertz CT molecular complexity index is 1210. The summed E-state index contributed by atoms with van der Waals surface area (Å²) in [6, 6.07) is 10.1. The van der Waals surface area contributed by atoms with E-state index >= 15 is 0 Å². The van der Waals surface area contributed by atoms with Crippen molar-refractivity contribution in [2.24, 2.45) is 0 Å². The Morgan fingerprint density at radius 3 is 2.90 bits per heavy atom. The minimum atomic E-state index is -0.185. The summed E-state index contributed by atoms with van der Waals surface area (Å²) >= 11 is 6.52. The molecule has 0 radical (unpaired) electrons. The van der Waals surface area contributed by atoms with Gasteiger partial charge in [0.05, 0.1) is 28.9 Å². The van der Waals surface area contributed by atoms with Gasteiger partial charge in [-0.25, -0.2) is 4.98 Å². The van der Waals surface area contributed by atoms with Crippen molar-refractivity contribution in [3.63, 3.8) is 0 Å². The first kappa shape index (κ1) is 18.7. The lowest BCUT2D eigenvalue weighted by Crippen LogP contribution is -2.32. The number of halogens is 1. The van der Waals surface area contributed by atoms with Gasteiger partial charge in [-0.15, -0.1) is 10.2 Å². The van der Waals surface area contributed by atoms with Gasteiger partial charge < -0.3 is 19.2 Å². The molecule has 158 valence electrons. The van der Waals surface area contributed by atoms with Gasteiger partial charge in [-0.1, -0.05) is 41.1 Å². The van der Waals surface area contributed by atoms with Crippen molar-refractivity contribution >= 4 is 22.8 Å². The number of aromatic amines is 2. The smallest absolute Gasteiger partial charge is 0.296 e. The van der Waals surface area contributed by atoms with Crippen molar-refractivity contribution in [3.05, 3.63) is 46.7 Å². The summed E-state index contributed by atoms with van der Waals surface area (Å²) in [4.78, 5) is 12.3. The molecule has 5 heterocycles. The number of benzene rings is 1. The molecule has 4 aromatic rings. The van der Waals surface area contributed by atoms with Crippen LogP contribution >= 0.6 is 11.6 Å². The van der Waals surface area contributed by atoms with Gasteiger partial charge >= 0.3 is 0 Å². The summed E-state index contributed by atoms with van der Waals surface area (Å²) in [6.45, 7) is 1.19. The zero-order valence-electron chi connectivity index (χ0n) is 16.3. The van der Waals surface area contributed by atoms with Crippen LogP contribution in [0.5, 0.6) is 6.01 Å². The number of hydrogen-bond donors (Lipinski definition) is 2. The van der Waals surface area contributed by atoms with Crippen LogP contribution in [0.1, 0.15) is 17.8 Å². The molecule has 3 unspecified atom stereocenters. The molecule has 2 aliphatic heterocycles. The maximum Gasteiger partial charge on any atom is 0.296 e. The molecule has 10 nitrogen and oxygen atoms in total. The van der Waals surface area contributed by atoms with E-state index in [9.17, 15) is 0 Å². The van der Waals surface area contributed by atoms with Gasteiger partial charge in [-0.3, -0.25) is 0 Å². The number of fused-ring (bicyclic) bond motifs is 2. The van der Waals surface area contributed by atoms with E-state index in [1.54, 1.807) is 0 Å². The number of nitrogens with zero attached hydrogens (tertiary/aromatic N) is 5. The quantitative estimate of drug-likeness (QED) is 0.485. The zero-order chi connectivity index (χ0) is 20.8. The Morgan fingerprint density at radius 1 is 1.16 bits per heavy atom. The third-order valence-electron chi connectivity index (χ3n) is 5.57. The first-order valence-corrected chi connectivity index (χ1v) is 10.4. The molecule has 1 aromatic carbocycles. The van der Waals surface area contributed by atoms with Crippen molar-refractivity contribution in [3.8, 4) is 17.3 Å². The second-order valence-electron chi connectivity index (χ2n) is 7.59. The summed E-state index contributed by atoms with van der Waals surface area (Å²) in [5.41, 5.74) is 3.85. The molecule has 2 saturated heterocycles. The first-order chi connectivity index (χ1) is 15.2. The van der Waals surface area contributed by atoms with Gasteiger partial charge in [0, 0.05) is 18.6 Å². The summed E-state index contributed by atoms with van der Waals surface area (Å²) < 4.78 is 17.5. The number of H-pyrrole nitrogens is 2. The first-order valence-electron chi connectivity index (χ1n) is 10.0. The zero-order valence-corrected chi connectivity index (χ0v) is 17.0. The highest BCUT2D eigenvalue weighted by Crippen LogP contribution is 2.32. The fraction of sp³-hybridized carbons (Fsp3) is 0.350. The molecule has 0 spiro atoms. The van der Waals surface area contributed by atoms with Crippen LogP contribution in [0.25, 0.3) is 22.4 Å². The Kier molecular flexibility index (Phi) is 4.55. The summed E-state index contributed by atoms with van der Waals surface area (Å²) in [5, 5.41) is 14.5. The average Bonchev–Trinajstić information content (AvgIpc) is 3.54. The minimum Gasteiger partial charge on any atom is -0.456 e. The summed E-state index contributed by atoms with van der Waals surface area (Å²) in [6.07, 6.45) is 1.37. The van der Waals surface area contributed by atoms with Crippen LogP contribution in [0.3, 0.4) is 0 Å². The topological polar surface area (TPSA) is 124 Å². The van der Waals surface area contributed by atoms with Gasteiger partial charge in [0.25, 0.3) is 6.01 Å². The molecule has 2 N–H and O–H groups in total. The number of ether oxygens (including phenoxy) is 3. The van der Waals surface area contributed by atoms with Gasteiger partial charge in [0.15, 0.2) is 17.6 Å². The Labute approximate surface area is 181 Å². The maximum atomic E-state index is 6.52. The van der Waals surface area contributed by atoms with E-state index in [4.69, 9.17) is 25.8 Å². The van der Waals surface area contributed by atoms with Crippen LogP contribution < -0.4 is 4.74 Å². The Balaban J connectivity index is 1.24. The van der Waals surface area contributed by atoms with E-state index in [1.165, 1.54) is 0 Å². The van der Waals surface area contributed by atoms with Crippen LogP contribution in [-0.4, -0.2) is 67.1 Å². The van der Waals surface area contributed by atoms with E-state index < -0.39 is 0 Å². The molecule has 31 heavy (non-hydrogen) atoms. The van der Waals surface area contributed by atoms with Crippen molar-refractivity contribution in [2.45, 2.75) is 31.2 Å². The second-order valence-corrected chi connectivity index (χ2v) is 7.99. The number of pyridine rings is 1. The second kappa shape index (κ2) is 7.56. The molecule has 11 heteroatoms. The number of rotatable bonds is 5. The van der Waals surface area contributed by atoms with Crippen molar-refractivity contribution in [2.75, 3.05) is 13.2 Å². The molecule has 0 saturated carbocycles. The number of tetrazole rings is 1. The highest BCUT2D eigenvalue weighted by molar-refractivity contribution is 6.33. The highest BCUT2D eigenvalue weighted by Gasteiger charge is 2.43. The molecule has 0 amide bonds. The standard InChI is InChI=1S/C20H18ClN7O3/c21-12-8-13-19(24-20(22-13)31-15-9-30-14-5-6-29-18(14)15)23-17(12)11-3-1-10(2-4-11)7-16-25-27-28-26-16/h1-4,8,14-15,18H,5-7,9H2,(H,22,23,24)(H,25,26,27,28). The number of aromatic nitrogens is 7. The minimum absolute atomic E-state index is 0.0497. The van der Waals surface area contributed by atoms with Crippen LogP contribution in [0, 0.1) is 0 Å². The lowest BCUT2D eigenvalue weighted by atomic mass is 10.1. The fourth-order valence-corrected chi connectivity index (χ4v) is 4.31. The highest BCUT2D eigenvalue weighted by atomic mass is 35.5. The van der Waals surface area contributed by atoms with Crippen LogP contribution in [-0.2, 0) is 15.9 Å². The molecular formula is C20H18ClN7O3. The van der Waals surface area contributed by atoms with E-state index in [0.29, 0.717) is 53.3 Å². The summed E-state index contributed by atoms with van der Waals surface area (Å²) in [7, 11) is 0. The van der Waals surface area contributed by atoms with Gasteiger partial charge in [0.1, 0.15) is 6.10 Å². The maximum absolute atomic E-state index is 6.52. The Hall–Kier alpha value is -3.08. The number of hydrogen-bond acceptors (Lipinski definition) is 8. The third kappa shape index (κ3) is 3.52. The number of imidazole rings is 1. The molecule has 6 rings (SSSR count). The fourth-order valence-electron chi connectivity index (χ4n) is 4.05. The molecule has 0 bridgehead atoms. The van der Waals surface area contributed by atoms with Gasteiger partial charge in [0.2, 0.25) is 0 Å². The van der Waals surface area contributed by atoms with Crippen molar-refractivity contribution < 1.29 is 14.2 Å². The SMILES string of the molecule is Clc1cc2[nH]c(OC3COC4CCOC43)nc2nc1-c1ccc(Cc2nn[nH]n2)cc1. The molecule has 2 aliphatic rings. The van der Waals surface area contributed by atoms with E-state index in [1.807, 2.05) is 30.3 Å². The molecular weight excluding hydrogens is 422 g/mol. The predicted molar refractivity (Wildman–Crippen MR) is 110 cm³/mol. The Morgan fingerprint density at radius 2 is 2.06 bits per heavy atom. The number of nitrogens with one attached hydrogen (secondary N) is 2. The van der Waals surface area contributed by atoms with Crippen molar-refractivity contribution in [1.82, 2.24) is 35.6 Å². The van der Waals surface area contributed by atoms with E-state index in [-0.39, 0.29) is 18.3 Å². The average molecular weight is 440 g/mol. The molecule has 3 atom stereocenters. The van der Waals surface area contributed by atoms with Crippen molar-refractivity contribution in [1.29, 1.82) is 0 Å². The third-order valence-corrected chi connectivity index (χ3v) is 5.85. The normalized spacial score (nSPS) is 22.8. The van der Waals surface area contributed by atoms with Gasteiger partial charge in [-0.2, -0.15) is 10.2 Å². The predicted octanol–water partition coefficient (Wildman–Crippen LogP) is 2.32. The lowest BCUT2D eigenvalue weighted by Gasteiger charge is -2.15. The molecule has 0 aliphatic carbocycles. The van der Waals surface area contributed by atoms with Crippen LogP contribution in [0.15, 0.2) is 30.3 Å². The summed E-state index contributed by atoms with van der Waals surface area (Å²) in [5.74, 6) is 0.636. The van der Waals surface area contributed by atoms with Crippen LogP contribution in [0.4, 0.5) is 0 Å². The largest absolute Gasteiger partial charge is 0.456 e. The lowest BCUT2D eigenvalue weighted by molar-refractivity contribution is 0.0273. The van der Waals surface area contributed by atoms with Gasteiger partial charge in [-0.05, 0) is 18.1 Å². The van der Waals surface area contributed by atoms with E-state index in [2.05, 4.69) is 35.6 Å². The van der Waals surface area contributed by atoms with Crippen LogP contribution in [0.2, 0.25) is 5.02 Å². The molecule has 3 aromatic heterocycles.